The van der Waals surface area contributed by atoms with Crippen LogP contribution in [0.1, 0.15) is 34.2 Å². The van der Waals surface area contributed by atoms with E-state index in [1.165, 1.54) is 6.07 Å². The fourth-order valence-corrected chi connectivity index (χ4v) is 2.67. The van der Waals surface area contributed by atoms with Gasteiger partial charge in [0.05, 0.1) is 10.6 Å². The molecule has 0 spiro atoms. The zero-order valence-corrected chi connectivity index (χ0v) is 14.6. The summed E-state index contributed by atoms with van der Waals surface area (Å²) in [5.74, 6) is -0.280. The first-order chi connectivity index (χ1) is 12.4. The lowest BCUT2D eigenvalue weighted by atomic mass is 10.1. The highest BCUT2D eigenvalue weighted by molar-refractivity contribution is 6.02. The van der Waals surface area contributed by atoms with Crippen LogP contribution in [0.25, 0.3) is 11.0 Å². The minimum absolute atomic E-state index is 0.0107. The number of hydrogen-bond donors (Lipinski definition) is 1. The van der Waals surface area contributed by atoms with E-state index in [1.54, 1.807) is 39.0 Å². The van der Waals surface area contributed by atoms with Gasteiger partial charge in [-0.3, -0.25) is 14.9 Å². The number of hydrazone groups is 1. The van der Waals surface area contributed by atoms with Crippen LogP contribution in [0.2, 0.25) is 0 Å². The van der Waals surface area contributed by atoms with E-state index < -0.39 is 10.8 Å². The molecule has 0 aliphatic carbocycles. The lowest BCUT2D eigenvalue weighted by molar-refractivity contribution is -0.385. The van der Waals surface area contributed by atoms with Crippen LogP contribution in [-0.2, 0) is 0 Å². The number of nitrogens with zero attached hydrogens (tertiary/aromatic N) is 2. The molecule has 0 aliphatic rings. The molecule has 132 valence electrons. The molecule has 0 bridgehead atoms. The molecule has 7 nitrogen and oxygen atoms in total. The molecule has 0 unspecified atom stereocenters. The molecular weight excluding hydrogens is 334 g/mol. The Kier molecular flexibility index (Phi) is 4.53. The summed E-state index contributed by atoms with van der Waals surface area (Å²) >= 11 is 0. The van der Waals surface area contributed by atoms with Crippen LogP contribution in [0, 0.1) is 24.0 Å². The molecule has 2 aromatic carbocycles. The molecule has 1 N–H and O–H groups in total. The van der Waals surface area contributed by atoms with Crippen molar-refractivity contribution in [3.05, 3.63) is 75.0 Å². The summed E-state index contributed by atoms with van der Waals surface area (Å²) in [6.07, 6.45) is 0. The fourth-order valence-electron chi connectivity index (χ4n) is 2.67. The van der Waals surface area contributed by atoms with Gasteiger partial charge in [0.15, 0.2) is 5.76 Å². The van der Waals surface area contributed by atoms with Crippen molar-refractivity contribution < 1.29 is 14.1 Å². The molecule has 0 atom stereocenters. The van der Waals surface area contributed by atoms with Crippen LogP contribution in [0.5, 0.6) is 0 Å². The van der Waals surface area contributed by atoms with Crippen molar-refractivity contribution in [3.8, 4) is 0 Å². The van der Waals surface area contributed by atoms with Crippen molar-refractivity contribution in [2.45, 2.75) is 20.8 Å². The van der Waals surface area contributed by atoms with Gasteiger partial charge in [-0.05, 0) is 26.8 Å². The maximum absolute atomic E-state index is 12.4. The number of carbonyl (C=O) groups is 1. The lowest BCUT2D eigenvalue weighted by Gasteiger charge is -2.04. The zero-order valence-electron chi connectivity index (χ0n) is 14.6. The second kappa shape index (κ2) is 6.79. The first kappa shape index (κ1) is 17.3. The van der Waals surface area contributed by atoms with Gasteiger partial charge in [0, 0.05) is 28.1 Å². The summed E-state index contributed by atoms with van der Waals surface area (Å²) in [6.45, 7) is 5.14. The van der Waals surface area contributed by atoms with Crippen molar-refractivity contribution in [1.29, 1.82) is 0 Å². The van der Waals surface area contributed by atoms with E-state index in [-0.39, 0.29) is 11.4 Å². The van der Waals surface area contributed by atoms with Crippen molar-refractivity contribution in [3.63, 3.8) is 0 Å². The minimum atomic E-state index is -0.473. The molecule has 1 aromatic heterocycles. The third-order valence-corrected chi connectivity index (χ3v) is 4.20. The first-order valence-electron chi connectivity index (χ1n) is 7.96. The molecule has 3 rings (SSSR count). The Hall–Kier alpha value is -3.48. The molecule has 3 aromatic rings. The predicted octanol–water partition coefficient (Wildman–Crippen LogP) is 4.11. The van der Waals surface area contributed by atoms with E-state index in [2.05, 4.69) is 10.5 Å². The lowest BCUT2D eigenvalue weighted by Crippen LogP contribution is -2.19. The Morgan fingerprint density at radius 3 is 2.62 bits per heavy atom. The highest BCUT2D eigenvalue weighted by Crippen LogP contribution is 2.25. The van der Waals surface area contributed by atoms with Crippen molar-refractivity contribution in [2.75, 3.05) is 0 Å². The number of aryl methyl sites for hydroxylation is 2. The summed E-state index contributed by atoms with van der Waals surface area (Å²) in [6, 6.07) is 12.2. The summed E-state index contributed by atoms with van der Waals surface area (Å²) in [5, 5.41) is 16.0. The zero-order chi connectivity index (χ0) is 18.8. The molecule has 7 heteroatoms. The number of fused-ring (bicyclic) bond motifs is 1. The molecule has 0 saturated carbocycles. The third kappa shape index (κ3) is 3.19. The number of carbonyl (C=O) groups excluding carboxylic acids is 1. The van der Waals surface area contributed by atoms with E-state index in [1.807, 2.05) is 18.2 Å². The molecule has 0 radical (unpaired) electrons. The summed E-state index contributed by atoms with van der Waals surface area (Å²) in [7, 11) is 0. The topological polar surface area (TPSA) is 97.7 Å². The smallest absolute Gasteiger partial charge is 0.307 e. The predicted molar refractivity (Wildman–Crippen MR) is 98.5 cm³/mol. The van der Waals surface area contributed by atoms with E-state index in [0.29, 0.717) is 22.4 Å². The number of amides is 1. The van der Waals surface area contributed by atoms with Crippen LogP contribution in [-0.4, -0.2) is 16.5 Å². The van der Waals surface area contributed by atoms with Crippen LogP contribution >= 0.6 is 0 Å². The Labute approximate surface area is 149 Å². The van der Waals surface area contributed by atoms with Gasteiger partial charge in [0.2, 0.25) is 0 Å². The monoisotopic (exact) mass is 351 g/mol. The number of nitrogens with one attached hydrogen (secondary N) is 1. The van der Waals surface area contributed by atoms with Crippen LogP contribution in [0.3, 0.4) is 0 Å². The van der Waals surface area contributed by atoms with Crippen LogP contribution in [0.4, 0.5) is 5.69 Å². The molecule has 1 heterocycles. The second-order valence-corrected chi connectivity index (χ2v) is 5.95. The van der Waals surface area contributed by atoms with Gasteiger partial charge in [-0.15, -0.1) is 0 Å². The number of rotatable bonds is 4. The number of furan rings is 1. The van der Waals surface area contributed by atoms with Gasteiger partial charge < -0.3 is 4.42 Å². The largest absolute Gasteiger partial charge is 0.451 e. The SMILES string of the molecule is C/C(=N/NC(=O)c1oc2ccccc2c1C)c1ccc(C)c([N+](=O)[O-])c1. The van der Waals surface area contributed by atoms with Gasteiger partial charge in [-0.25, -0.2) is 5.43 Å². The Bertz CT molecular complexity index is 1050. The maximum atomic E-state index is 12.4. The quantitative estimate of drug-likeness (QED) is 0.434. The molecular formula is C19H17N3O4. The molecule has 0 aliphatic heterocycles. The number of nitro groups is 1. The molecule has 26 heavy (non-hydrogen) atoms. The highest BCUT2D eigenvalue weighted by Gasteiger charge is 2.17. The normalized spacial score (nSPS) is 11.6. The van der Waals surface area contributed by atoms with Crippen molar-refractivity contribution >= 4 is 28.3 Å². The molecule has 0 fully saturated rings. The van der Waals surface area contributed by atoms with Crippen molar-refractivity contribution in [2.24, 2.45) is 5.10 Å². The Morgan fingerprint density at radius 1 is 1.19 bits per heavy atom. The van der Waals surface area contributed by atoms with E-state index >= 15 is 0 Å². The van der Waals surface area contributed by atoms with E-state index in [9.17, 15) is 14.9 Å². The third-order valence-electron chi connectivity index (χ3n) is 4.20. The Morgan fingerprint density at radius 2 is 1.92 bits per heavy atom. The van der Waals surface area contributed by atoms with Crippen molar-refractivity contribution in [1.82, 2.24) is 5.43 Å². The standard InChI is InChI=1S/C19H17N3O4/c1-11-8-9-14(10-16(11)22(24)25)13(3)20-21-19(23)18-12(2)15-6-4-5-7-17(15)26-18/h4-10H,1-3H3,(H,21,23)/b20-13-. The number of nitro benzene ring substituents is 1. The highest BCUT2D eigenvalue weighted by atomic mass is 16.6. The van der Waals surface area contributed by atoms with Gasteiger partial charge in [-0.1, -0.05) is 30.3 Å². The van der Waals surface area contributed by atoms with Gasteiger partial charge in [0.1, 0.15) is 5.58 Å². The molecule has 0 saturated heterocycles. The second-order valence-electron chi connectivity index (χ2n) is 5.95. The van der Waals surface area contributed by atoms with Gasteiger partial charge in [-0.2, -0.15) is 5.10 Å². The van der Waals surface area contributed by atoms with Crippen LogP contribution < -0.4 is 5.43 Å². The number of hydrogen-bond acceptors (Lipinski definition) is 5. The van der Waals surface area contributed by atoms with E-state index in [0.717, 1.165) is 10.9 Å². The van der Waals surface area contributed by atoms with Crippen LogP contribution in [0.15, 0.2) is 52.0 Å². The molecule has 1 amide bonds. The summed E-state index contributed by atoms with van der Waals surface area (Å²) < 4.78 is 5.59. The average molecular weight is 351 g/mol. The minimum Gasteiger partial charge on any atom is -0.451 e. The summed E-state index contributed by atoms with van der Waals surface area (Å²) in [5.41, 5.74) is 5.40. The maximum Gasteiger partial charge on any atom is 0.307 e. The first-order valence-corrected chi connectivity index (χ1v) is 7.96. The average Bonchev–Trinajstić information content (AvgIpc) is 2.97. The summed E-state index contributed by atoms with van der Waals surface area (Å²) in [4.78, 5) is 23.0. The van der Waals surface area contributed by atoms with Gasteiger partial charge in [0.25, 0.3) is 5.69 Å². The number of para-hydroxylation sites is 1. The van der Waals surface area contributed by atoms with E-state index in [4.69, 9.17) is 4.42 Å². The van der Waals surface area contributed by atoms with Gasteiger partial charge >= 0.3 is 5.91 Å². The Balaban J connectivity index is 1.84. The fraction of sp³-hybridized carbons (Fsp3) is 0.158. The number of benzene rings is 2.